The number of carbonyl (C=O) groups excluding carboxylic acids is 1. The van der Waals surface area contributed by atoms with Crippen molar-refractivity contribution in [1.82, 2.24) is 9.97 Å². The summed E-state index contributed by atoms with van der Waals surface area (Å²) in [6.45, 7) is 6.03. The van der Waals surface area contributed by atoms with Crippen LogP contribution < -0.4 is 16.4 Å². The molecule has 7 nitrogen and oxygen atoms in total. The number of rotatable bonds is 12. The van der Waals surface area contributed by atoms with Gasteiger partial charge in [-0.2, -0.15) is 4.98 Å². The number of amides is 1. The number of unbranched alkanes of at least 4 members (excludes halogenated alkanes) is 2. The topological polar surface area (TPSA) is 102 Å². The Kier molecular flexibility index (Phi) is 6.70. The minimum absolute atomic E-state index is 0.336. The van der Waals surface area contributed by atoms with E-state index in [1.54, 1.807) is 0 Å². The number of hydrogen-bond acceptors (Lipinski definition) is 6. The Bertz CT molecular complexity index is 755. The number of hydrogen-bond donors (Lipinski definition) is 3. The Morgan fingerprint density at radius 3 is 2.58 bits per heavy atom. The van der Waals surface area contributed by atoms with Crippen molar-refractivity contribution < 1.29 is 9.53 Å². The molecule has 1 aromatic heterocycles. The molecule has 4 saturated carbocycles. The fourth-order valence-electron chi connectivity index (χ4n) is 6.39. The summed E-state index contributed by atoms with van der Waals surface area (Å²) >= 11 is 0. The van der Waals surface area contributed by atoms with Gasteiger partial charge >= 0.3 is 0 Å². The Morgan fingerprint density at radius 2 is 1.94 bits per heavy atom. The first-order valence-electron chi connectivity index (χ1n) is 12.2. The van der Waals surface area contributed by atoms with Gasteiger partial charge in [0.05, 0.1) is 11.7 Å². The van der Waals surface area contributed by atoms with Crippen molar-refractivity contribution in [2.75, 3.05) is 23.8 Å². The molecule has 172 valence electrons. The molecule has 4 fully saturated rings. The van der Waals surface area contributed by atoms with Crippen LogP contribution in [0.25, 0.3) is 0 Å². The monoisotopic (exact) mass is 429 g/mol. The van der Waals surface area contributed by atoms with E-state index in [4.69, 9.17) is 10.5 Å². The molecule has 7 heteroatoms. The summed E-state index contributed by atoms with van der Waals surface area (Å²) in [6, 6.07) is 0.336. The molecular formula is C24H39N5O2. The standard InChI is InChI=1S/C24H39N5O2/c1-3-31-18-9-7-17(8-10-18)28-22-27-13-19(20(25)30)21(29-22)26-12-6-4-5-11-24-14-23(2,15-24)16-24/h13,17-18H,3-12,14-16H2,1-2H3,(H2,25,30)(H2,26,27,28,29). The highest BCUT2D eigenvalue weighted by Crippen LogP contribution is 2.74. The lowest BCUT2D eigenvalue weighted by Crippen LogP contribution is -2.59. The van der Waals surface area contributed by atoms with E-state index in [9.17, 15) is 4.79 Å². The summed E-state index contributed by atoms with van der Waals surface area (Å²) < 4.78 is 5.73. The molecule has 4 aliphatic rings. The van der Waals surface area contributed by atoms with Crippen molar-refractivity contribution in [3.63, 3.8) is 0 Å². The van der Waals surface area contributed by atoms with Crippen molar-refractivity contribution in [2.45, 2.75) is 96.6 Å². The lowest BCUT2D eigenvalue weighted by atomic mass is 9.35. The van der Waals surface area contributed by atoms with Crippen molar-refractivity contribution in [3.05, 3.63) is 11.8 Å². The van der Waals surface area contributed by atoms with E-state index < -0.39 is 5.91 Å². The smallest absolute Gasteiger partial charge is 0.254 e. The highest BCUT2D eigenvalue weighted by Gasteiger charge is 2.63. The lowest BCUT2D eigenvalue weighted by Gasteiger charge is -2.70. The van der Waals surface area contributed by atoms with Crippen LogP contribution >= 0.6 is 0 Å². The van der Waals surface area contributed by atoms with E-state index in [0.717, 1.165) is 45.3 Å². The minimum Gasteiger partial charge on any atom is -0.379 e. The molecule has 0 aromatic carbocycles. The van der Waals surface area contributed by atoms with Gasteiger partial charge in [-0.1, -0.05) is 19.8 Å². The first-order chi connectivity index (χ1) is 14.9. The summed E-state index contributed by atoms with van der Waals surface area (Å²) in [5, 5.41) is 6.75. The molecule has 2 bridgehead atoms. The number of nitrogens with zero attached hydrogens (tertiary/aromatic N) is 2. The van der Waals surface area contributed by atoms with Gasteiger partial charge in [-0.05, 0) is 75.5 Å². The van der Waals surface area contributed by atoms with Gasteiger partial charge in [0.2, 0.25) is 5.95 Å². The average molecular weight is 430 g/mol. The zero-order chi connectivity index (χ0) is 21.9. The second-order valence-electron chi connectivity index (χ2n) is 10.5. The van der Waals surface area contributed by atoms with Crippen LogP contribution in [0, 0.1) is 10.8 Å². The molecule has 4 aliphatic carbocycles. The molecule has 0 spiro atoms. The zero-order valence-electron chi connectivity index (χ0n) is 19.2. The molecule has 5 rings (SSSR count). The van der Waals surface area contributed by atoms with Crippen LogP contribution in [0.1, 0.15) is 94.8 Å². The van der Waals surface area contributed by atoms with Crippen molar-refractivity contribution >= 4 is 17.7 Å². The van der Waals surface area contributed by atoms with E-state index in [1.165, 1.54) is 44.7 Å². The molecule has 31 heavy (non-hydrogen) atoms. The molecule has 0 radical (unpaired) electrons. The summed E-state index contributed by atoms with van der Waals surface area (Å²) in [5.41, 5.74) is 7.30. The van der Waals surface area contributed by atoms with E-state index in [1.807, 2.05) is 6.92 Å². The number of aromatic nitrogens is 2. The SMILES string of the molecule is CCOC1CCC(Nc2ncc(C(N)=O)c(NCCCCCC34CC(C)(C3)C4)n2)CC1. The first kappa shape index (κ1) is 22.3. The van der Waals surface area contributed by atoms with Gasteiger partial charge in [-0.15, -0.1) is 0 Å². The van der Waals surface area contributed by atoms with Gasteiger partial charge in [-0.25, -0.2) is 4.98 Å². The number of anilines is 2. The van der Waals surface area contributed by atoms with Crippen molar-refractivity contribution in [2.24, 2.45) is 16.6 Å². The third-order valence-electron chi connectivity index (χ3n) is 7.55. The van der Waals surface area contributed by atoms with E-state index >= 15 is 0 Å². The Labute approximate surface area is 186 Å². The van der Waals surface area contributed by atoms with Crippen LogP contribution in [0.4, 0.5) is 11.8 Å². The summed E-state index contributed by atoms with van der Waals surface area (Å²) in [6.07, 6.45) is 15.4. The molecule has 0 saturated heterocycles. The average Bonchev–Trinajstić information content (AvgIpc) is 2.70. The van der Waals surface area contributed by atoms with Crippen LogP contribution in [0.3, 0.4) is 0 Å². The lowest BCUT2D eigenvalue weighted by molar-refractivity contribution is -0.195. The van der Waals surface area contributed by atoms with Gasteiger partial charge in [-0.3, -0.25) is 4.79 Å². The van der Waals surface area contributed by atoms with Gasteiger partial charge in [0.25, 0.3) is 5.91 Å². The predicted octanol–water partition coefficient (Wildman–Crippen LogP) is 4.50. The second-order valence-corrected chi connectivity index (χ2v) is 10.5. The fourth-order valence-corrected chi connectivity index (χ4v) is 6.39. The first-order valence-corrected chi connectivity index (χ1v) is 12.2. The molecule has 1 heterocycles. The fraction of sp³-hybridized carbons (Fsp3) is 0.792. The zero-order valence-corrected chi connectivity index (χ0v) is 19.2. The molecule has 0 unspecified atom stereocenters. The van der Waals surface area contributed by atoms with Gasteiger partial charge in [0.15, 0.2) is 0 Å². The summed E-state index contributed by atoms with van der Waals surface area (Å²) in [7, 11) is 0. The number of carbonyl (C=O) groups is 1. The van der Waals surface area contributed by atoms with Crippen LogP contribution in [0.2, 0.25) is 0 Å². The van der Waals surface area contributed by atoms with Crippen LogP contribution in [-0.2, 0) is 4.74 Å². The molecule has 1 amide bonds. The number of nitrogens with two attached hydrogens (primary N) is 1. The van der Waals surface area contributed by atoms with Crippen molar-refractivity contribution in [1.29, 1.82) is 0 Å². The predicted molar refractivity (Wildman–Crippen MR) is 123 cm³/mol. The van der Waals surface area contributed by atoms with Crippen LogP contribution in [0.5, 0.6) is 0 Å². The number of ether oxygens (including phenoxy) is 1. The second kappa shape index (κ2) is 9.31. The van der Waals surface area contributed by atoms with Crippen LogP contribution in [0.15, 0.2) is 6.20 Å². The third kappa shape index (κ3) is 5.30. The molecule has 4 N–H and O–H groups in total. The maximum Gasteiger partial charge on any atom is 0.254 e. The van der Waals surface area contributed by atoms with E-state index in [2.05, 4.69) is 27.5 Å². The number of primary amides is 1. The third-order valence-corrected chi connectivity index (χ3v) is 7.55. The minimum atomic E-state index is -0.497. The molecule has 0 aliphatic heterocycles. The largest absolute Gasteiger partial charge is 0.379 e. The molecule has 0 atom stereocenters. The van der Waals surface area contributed by atoms with Crippen LogP contribution in [-0.4, -0.2) is 41.2 Å². The maximum atomic E-state index is 11.8. The Balaban J connectivity index is 1.21. The Hall–Kier alpha value is -1.89. The summed E-state index contributed by atoms with van der Waals surface area (Å²) in [4.78, 5) is 20.7. The van der Waals surface area contributed by atoms with Gasteiger partial charge in [0, 0.05) is 25.4 Å². The van der Waals surface area contributed by atoms with Gasteiger partial charge < -0.3 is 21.1 Å². The van der Waals surface area contributed by atoms with Crippen molar-refractivity contribution in [3.8, 4) is 0 Å². The Morgan fingerprint density at radius 1 is 1.19 bits per heavy atom. The van der Waals surface area contributed by atoms with E-state index in [0.29, 0.717) is 40.3 Å². The molecular weight excluding hydrogens is 390 g/mol. The van der Waals surface area contributed by atoms with E-state index in [-0.39, 0.29) is 0 Å². The molecule has 1 aromatic rings. The highest BCUT2D eigenvalue weighted by molar-refractivity contribution is 5.97. The maximum absolute atomic E-state index is 11.8. The van der Waals surface area contributed by atoms with Gasteiger partial charge in [0.1, 0.15) is 5.82 Å². The summed E-state index contributed by atoms with van der Waals surface area (Å²) in [5.74, 6) is 0.605. The highest BCUT2D eigenvalue weighted by atomic mass is 16.5. The quantitative estimate of drug-likeness (QED) is 0.423. The number of nitrogens with one attached hydrogen (secondary N) is 2. The normalized spacial score (nSPS) is 31.4.